The van der Waals surface area contributed by atoms with Gasteiger partial charge in [0, 0.05) is 5.75 Å². The van der Waals surface area contributed by atoms with Crippen molar-refractivity contribution in [3.05, 3.63) is 41.7 Å². The summed E-state index contributed by atoms with van der Waals surface area (Å²) in [6, 6.07) is 9.82. The van der Waals surface area contributed by atoms with Gasteiger partial charge in [-0.25, -0.2) is 0 Å². The van der Waals surface area contributed by atoms with Crippen molar-refractivity contribution in [3.63, 3.8) is 0 Å². The second-order valence-corrected chi connectivity index (χ2v) is 5.12. The molecule has 2 N–H and O–H groups in total. The van der Waals surface area contributed by atoms with E-state index in [1.165, 1.54) is 11.8 Å². The summed E-state index contributed by atoms with van der Waals surface area (Å²) >= 11 is 1.43. The number of benzene rings is 1. The van der Waals surface area contributed by atoms with Crippen LogP contribution in [0.2, 0.25) is 0 Å². The van der Waals surface area contributed by atoms with Crippen LogP contribution in [0.25, 0.3) is 0 Å². The molecule has 21 heavy (non-hydrogen) atoms. The fraction of sp³-hybridized carbons (Fsp3) is 0.167. The highest BCUT2D eigenvalue weighted by atomic mass is 32.2. The number of hydrogen-bond donors (Lipinski definition) is 2. The minimum atomic E-state index is -0.249. The highest BCUT2D eigenvalue weighted by Gasteiger charge is 2.15. The molecule has 1 amide bonds. The Morgan fingerprint density at radius 1 is 1.29 bits per heavy atom. The highest BCUT2D eigenvalue weighted by Crippen LogP contribution is 2.14. The Kier molecular flexibility index (Phi) is 4.01. The number of amides is 1. The number of carbonyl (C=O) groups is 1. The number of nitrogens with one attached hydrogen (secondary N) is 2. The monoisotopic (exact) mass is 301 g/mol. The molecular weight excluding hydrogens is 290 g/mol. The molecule has 2 heterocycles. The maximum absolute atomic E-state index is 11.8. The molecule has 9 heteroatoms. The Bertz CT molecular complexity index is 681. The molecule has 8 nitrogen and oxygen atoms in total. The van der Waals surface area contributed by atoms with E-state index in [-0.39, 0.29) is 12.3 Å². The van der Waals surface area contributed by atoms with Crippen LogP contribution in [0.5, 0.6) is 0 Å². The zero-order valence-corrected chi connectivity index (χ0v) is 11.7. The smallest absolute Gasteiger partial charge is 0.233 e. The number of carbonyl (C=O) groups excluding carboxylic acids is 1. The van der Waals surface area contributed by atoms with Crippen LogP contribution in [0.15, 0.2) is 40.5 Å². The van der Waals surface area contributed by atoms with E-state index in [0.29, 0.717) is 16.7 Å². The van der Waals surface area contributed by atoms with E-state index in [9.17, 15) is 4.79 Å². The number of tetrazole rings is 1. The van der Waals surface area contributed by atoms with E-state index in [1.807, 2.05) is 30.3 Å². The molecule has 0 unspecified atom stereocenters. The minimum absolute atomic E-state index is 0.0470. The predicted molar refractivity (Wildman–Crippen MR) is 78.9 cm³/mol. The Morgan fingerprint density at radius 3 is 2.81 bits per heavy atom. The molecule has 0 atom stereocenters. The first kappa shape index (κ1) is 13.4. The van der Waals surface area contributed by atoms with E-state index in [2.05, 4.69) is 36.1 Å². The molecule has 1 aliphatic rings. The summed E-state index contributed by atoms with van der Waals surface area (Å²) in [5.41, 5.74) is 1.92. The number of amidine groups is 1. The first-order valence-corrected chi connectivity index (χ1v) is 7.15. The van der Waals surface area contributed by atoms with E-state index in [1.54, 1.807) is 0 Å². The summed E-state index contributed by atoms with van der Waals surface area (Å²) < 4.78 is 0. The van der Waals surface area contributed by atoms with Gasteiger partial charge in [0.15, 0.2) is 11.0 Å². The standard InChI is InChI=1S/C12H11N7OS/c20-11(6-10-15-18-19-16-10)13-12-17-14-9(7-21-12)8-4-2-1-3-5-8/h1-5H,6-7H2,(H,13,17,20)(H,15,16,18,19). The second-order valence-electron chi connectivity index (χ2n) is 4.16. The molecule has 2 aromatic rings. The summed E-state index contributed by atoms with van der Waals surface area (Å²) in [5.74, 6) is 0.745. The van der Waals surface area contributed by atoms with Crippen LogP contribution < -0.4 is 5.32 Å². The minimum Gasteiger partial charge on any atom is -0.303 e. The van der Waals surface area contributed by atoms with Crippen LogP contribution >= 0.6 is 11.8 Å². The van der Waals surface area contributed by atoms with Gasteiger partial charge in [-0.1, -0.05) is 47.3 Å². The maximum atomic E-state index is 11.8. The maximum Gasteiger partial charge on any atom is 0.233 e. The van der Waals surface area contributed by atoms with Crippen LogP contribution in [-0.4, -0.2) is 43.2 Å². The van der Waals surface area contributed by atoms with Gasteiger partial charge in [0.25, 0.3) is 0 Å². The average molecular weight is 301 g/mol. The number of nitrogens with zero attached hydrogens (tertiary/aromatic N) is 5. The Hall–Kier alpha value is -2.55. The zero-order valence-electron chi connectivity index (χ0n) is 10.9. The predicted octanol–water partition coefficient (Wildman–Crippen LogP) is 0.366. The summed E-state index contributed by atoms with van der Waals surface area (Å²) in [4.78, 5) is 11.8. The van der Waals surface area contributed by atoms with E-state index in [4.69, 9.17) is 0 Å². The fourth-order valence-corrected chi connectivity index (χ4v) is 2.48. The van der Waals surface area contributed by atoms with E-state index < -0.39 is 0 Å². The molecule has 0 bridgehead atoms. The van der Waals surface area contributed by atoms with Crippen molar-refractivity contribution in [1.29, 1.82) is 0 Å². The van der Waals surface area contributed by atoms with Gasteiger partial charge in [0.1, 0.15) is 0 Å². The Labute approximate surface area is 124 Å². The SMILES string of the molecule is O=C(Cc1nn[nH]n1)NC1=NN=C(c2ccccc2)CS1. The lowest BCUT2D eigenvalue weighted by molar-refractivity contribution is -0.119. The lowest BCUT2D eigenvalue weighted by Crippen LogP contribution is -2.32. The summed E-state index contributed by atoms with van der Waals surface area (Å²) in [5, 5.41) is 24.5. The molecule has 1 aromatic carbocycles. The summed E-state index contributed by atoms with van der Waals surface area (Å²) in [6.07, 6.45) is 0.0470. The fourth-order valence-electron chi connectivity index (χ4n) is 1.70. The number of thioether (sulfide) groups is 1. The molecule has 0 fully saturated rings. The number of aromatic nitrogens is 4. The number of aromatic amines is 1. The van der Waals surface area contributed by atoms with Crippen molar-refractivity contribution in [2.75, 3.05) is 5.75 Å². The van der Waals surface area contributed by atoms with Gasteiger partial charge >= 0.3 is 0 Å². The lowest BCUT2D eigenvalue weighted by Gasteiger charge is -2.12. The third-order valence-electron chi connectivity index (χ3n) is 2.67. The van der Waals surface area contributed by atoms with Gasteiger partial charge < -0.3 is 5.32 Å². The van der Waals surface area contributed by atoms with Gasteiger partial charge in [-0.2, -0.15) is 10.3 Å². The molecule has 0 aliphatic carbocycles. The van der Waals surface area contributed by atoms with Gasteiger partial charge in [0.2, 0.25) is 5.91 Å². The molecule has 3 rings (SSSR count). The zero-order chi connectivity index (χ0) is 14.5. The van der Waals surface area contributed by atoms with Crippen molar-refractivity contribution in [1.82, 2.24) is 25.9 Å². The molecule has 106 valence electrons. The topological polar surface area (TPSA) is 108 Å². The summed E-state index contributed by atoms with van der Waals surface area (Å²) in [7, 11) is 0. The molecule has 0 spiro atoms. The van der Waals surface area contributed by atoms with Gasteiger partial charge in [0.05, 0.1) is 12.1 Å². The lowest BCUT2D eigenvalue weighted by atomic mass is 10.1. The van der Waals surface area contributed by atoms with Crippen LogP contribution in [0.1, 0.15) is 11.4 Å². The highest BCUT2D eigenvalue weighted by molar-refractivity contribution is 8.14. The van der Waals surface area contributed by atoms with Crippen LogP contribution in [0.3, 0.4) is 0 Å². The normalized spacial score (nSPS) is 14.3. The molecule has 1 aliphatic heterocycles. The largest absolute Gasteiger partial charge is 0.303 e. The first-order chi connectivity index (χ1) is 10.3. The second kappa shape index (κ2) is 6.27. The number of H-pyrrole nitrogens is 1. The van der Waals surface area contributed by atoms with E-state index in [0.717, 1.165) is 11.3 Å². The molecule has 0 radical (unpaired) electrons. The summed E-state index contributed by atoms with van der Waals surface area (Å²) in [6.45, 7) is 0. The third-order valence-corrected chi connectivity index (χ3v) is 3.54. The van der Waals surface area contributed by atoms with Gasteiger partial charge in [-0.3, -0.25) is 4.79 Å². The Morgan fingerprint density at radius 2 is 2.14 bits per heavy atom. The van der Waals surface area contributed by atoms with Crippen molar-refractivity contribution >= 4 is 28.5 Å². The van der Waals surface area contributed by atoms with Crippen LogP contribution in [0.4, 0.5) is 0 Å². The molecule has 0 saturated carbocycles. The number of rotatable bonds is 3. The van der Waals surface area contributed by atoms with Crippen molar-refractivity contribution in [2.24, 2.45) is 10.2 Å². The Balaban J connectivity index is 1.62. The van der Waals surface area contributed by atoms with Gasteiger partial charge in [-0.15, -0.1) is 15.3 Å². The van der Waals surface area contributed by atoms with Gasteiger partial charge in [-0.05, 0) is 5.56 Å². The number of hydrogen-bond acceptors (Lipinski definition) is 7. The van der Waals surface area contributed by atoms with Crippen molar-refractivity contribution in [2.45, 2.75) is 6.42 Å². The van der Waals surface area contributed by atoms with Crippen LogP contribution in [-0.2, 0) is 11.2 Å². The molecular formula is C12H11N7OS. The van der Waals surface area contributed by atoms with E-state index >= 15 is 0 Å². The molecule has 0 saturated heterocycles. The first-order valence-electron chi connectivity index (χ1n) is 6.16. The third kappa shape index (κ3) is 3.51. The van der Waals surface area contributed by atoms with Crippen LogP contribution in [0, 0.1) is 0 Å². The molecule has 1 aromatic heterocycles. The average Bonchev–Trinajstić information content (AvgIpc) is 3.02. The quantitative estimate of drug-likeness (QED) is 0.851. The van der Waals surface area contributed by atoms with Crippen molar-refractivity contribution in [3.8, 4) is 0 Å². The van der Waals surface area contributed by atoms with Crippen molar-refractivity contribution < 1.29 is 4.79 Å².